The quantitative estimate of drug-likeness (QED) is 0.0841. The third-order valence-corrected chi connectivity index (χ3v) is 8.53. The van der Waals surface area contributed by atoms with Crippen molar-refractivity contribution >= 4 is 66.9 Å². The minimum Gasteiger partial charge on any atom is -0.399 e. The first-order valence-corrected chi connectivity index (χ1v) is 14.4. The number of hydrogen-bond donors (Lipinski definition) is 6. The van der Waals surface area contributed by atoms with Crippen molar-refractivity contribution in [1.29, 1.82) is 0 Å². The van der Waals surface area contributed by atoms with Gasteiger partial charge in [-0.25, -0.2) is 0 Å². The molecule has 0 amide bonds. The number of fused-ring (bicyclic) bond motifs is 20. The summed E-state index contributed by atoms with van der Waals surface area (Å²) in [5.74, 6) is 2.26. The van der Waals surface area contributed by atoms with E-state index in [0.29, 0.717) is 68.6 Å². The normalized spacial score (nSPS) is 12.0. The second-order valence-corrected chi connectivity index (χ2v) is 11.5. The fourth-order valence-electron chi connectivity index (χ4n) is 6.35. The maximum Gasteiger partial charge on any atom is 0.203 e. The van der Waals surface area contributed by atoms with E-state index < -0.39 is 0 Å². The third kappa shape index (κ3) is 3.54. The fourth-order valence-corrected chi connectivity index (χ4v) is 6.35. The van der Waals surface area contributed by atoms with Crippen molar-refractivity contribution in [3.63, 3.8) is 0 Å². The zero-order valence-electron chi connectivity index (χ0n) is 24.3. The van der Waals surface area contributed by atoms with Crippen molar-refractivity contribution in [2.24, 2.45) is 0 Å². The lowest BCUT2D eigenvalue weighted by atomic mass is 10.1. The van der Waals surface area contributed by atoms with Gasteiger partial charge in [0, 0.05) is 44.3 Å². The molecule has 0 aliphatic carbocycles. The van der Waals surface area contributed by atoms with E-state index in [2.05, 4.69) is 24.1 Å². The van der Waals surface area contributed by atoms with Crippen molar-refractivity contribution < 1.29 is 9.13 Å². The van der Waals surface area contributed by atoms with Crippen LogP contribution in [0.2, 0.25) is 0 Å². The van der Waals surface area contributed by atoms with E-state index in [4.69, 9.17) is 42.9 Å². The molecule has 2 aliphatic rings. The van der Waals surface area contributed by atoms with Crippen LogP contribution in [0.15, 0.2) is 72.8 Å². The Morgan fingerprint density at radius 2 is 0.739 bits per heavy atom. The minimum atomic E-state index is 0.555. The zero-order valence-corrected chi connectivity index (χ0v) is 24.3. The van der Waals surface area contributed by atoms with Gasteiger partial charge in [0.1, 0.15) is 0 Å². The Labute approximate surface area is 261 Å². The summed E-state index contributed by atoms with van der Waals surface area (Å²) in [6, 6.07) is 22.5. The predicted octanol–water partition coefficient (Wildman–Crippen LogP) is 4.26. The van der Waals surface area contributed by atoms with E-state index in [1.54, 1.807) is 9.13 Å². The molecule has 3 aromatic heterocycles. The molecule has 9 rings (SSSR count). The molecule has 8 bridgehead atoms. The summed E-state index contributed by atoms with van der Waals surface area (Å²) in [5, 5.41) is 3.23. The first-order chi connectivity index (χ1) is 22.2. The number of anilines is 4. The summed E-state index contributed by atoms with van der Waals surface area (Å²) >= 11 is 0. The largest absolute Gasteiger partial charge is 0.399 e. The molecule has 0 saturated carbocycles. The van der Waals surface area contributed by atoms with E-state index in [9.17, 15) is 0 Å². The molecule has 46 heavy (non-hydrogen) atoms. The van der Waals surface area contributed by atoms with E-state index in [1.165, 1.54) is 0 Å². The summed E-state index contributed by atoms with van der Waals surface area (Å²) in [6.45, 7) is 0. The SMILES string of the molecule is [CH2-][n+]1c2nc3[nH]c(nc4[n+]([CH2-])c(nc5[nH]c(nc1-c1ccc(N)cc1-2)c1cc(N)ccc51)-c1cc(N)ccc1-4)c1cc(N)ccc31. The molecule has 2 aliphatic heterocycles. The molecule has 0 atom stereocenters. The van der Waals surface area contributed by atoms with Crippen LogP contribution in [0.4, 0.5) is 22.7 Å². The first-order valence-electron chi connectivity index (χ1n) is 14.4. The maximum absolute atomic E-state index is 6.27. The molecular weight excluding hydrogens is 576 g/mol. The number of nitrogen functional groups attached to an aromatic ring is 4. The molecule has 0 spiro atoms. The molecule has 0 fully saturated rings. The average molecular weight is 603 g/mol. The smallest absolute Gasteiger partial charge is 0.203 e. The molecule has 7 aromatic rings. The van der Waals surface area contributed by atoms with E-state index in [1.807, 2.05) is 72.8 Å². The lowest BCUT2D eigenvalue weighted by molar-refractivity contribution is -0.590. The highest BCUT2D eigenvalue weighted by Crippen LogP contribution is 2.37. The Kier molecular flexibility index (Phi) is 4.94. The Bertz CT molecular complexity index is 2480. The number of H-pyrrole nitrogens is 2. The second kappa shape index (κ2) is 8.86. The molecule has 5 heterocycles. The molecule has 4 aromatic carbocycles. The van der Waals surface area contributed by atoms with Crippen molar-refractivity contribution in [3.05, 3.63) is 86.9 Å². The van der Waals surface area contributed by atoms with Crippen LogP contribution in [0.25, 0.3) is 89.7 Å². The number of rotatable bonds is 0. The van der Waals surface area contributed by atoms with Gasteiger partial charge in [0.15, 0.2) is 23.3 Å². The Balaban J connectivity index is 1.55. The molecule has 12 heteroatoms. The van der Waals surface area contributed by atoms with Gasteiger partial charge in [-0.3, -0.25) is 9.97 Å². The van der Waals surface area contributed by atoms with Crippen LogP contribution in [-0.2, 0) is 0 Å². The molecular formula is C34H26N12. The average Bonchev–Trinajstić information content (AvgIpc) is 3.70. The van der Waals surface area contributed by atoms with Gasteiger partial charge >= 0.3 is 0 Å². The number of aromatic amines is 2. The fraction of sp³-hybridized carbons (Fsp3) is 0. The Morgan fingerprint density at radius 1 is 0.413 bits per heavy atom. The summed E-state index contributed by atoms with van der Waals surface area (Å²) in [6.07, 6.45) is 0. The van der Waals surface area contributed by atoms with Gasteiger partial charge in [0.25, 0.3) is 0 Å². The number of nitrogens with two attached hydrogens (primary N) is 4. The molecule has 0 unspecified atom stereocenters. The highest BCUT2D eigenvalue weighted by atomic mass is 15.1. The van der Waals surface area contributed by atoms with E-state index in [-0.39, 0.29) is 0 Å². The number of benzene rings is 4. The van der Waals surface area contributed by atoms with Gasteiger partial charge in [0.05, 0.1) is 0 Å². The number of aromatic nitrogens is 8. The summed E-state index contributed by atoms with van der Waals surface area (Å²) in [5.41, 5.74) is 32.9. The van der Waals surface area contributed by atoms with Crippen LogP contribution in [0.3, 0.4) is 0 Å². The van der Waals surface area contributed by atoms with Crippen molar-refractivity contribution in [2.75, 3.05) is 22.9 Å². The van der Waals surface area contributed by atoms with Gasteiger partial charge in [-0.05, 0) is 82.9 Å². The van der Waals surface area contributed by atoms with Crippen molar-refractivity contribution in [1.82, 2.24) is 29.9 Å². The molecule has 0 radical (unpaired) electrons. The van der Waals surface area contributed by atoms with Crippen LogP contribution in [0, 0.1) is 14.1 Å². The van der Waals surface area contributed by atoms with Gasteiger partial charge in [-0.1, -0.05) is 26.2 Å². The highest BCUT2D eigenvalue weighted by molar-refractivity contribution is 6.07. The van der Waals surface area contributed by atoms with Gasteiger partial charge in [-0.15, -0.1) is 19.9 Å². The van der Waals surface area contributed by atoms with Crippen LogP contribution < -0.4 is 32.1 Å². The number of nitrogens with one attached hydrogen (secondary N) is 2. The zero-order chi connectivity index (χ0) is 31.4. The molecule has 0 saturated heterocycles. The third-order valence-electron chi connectivity index (χ3n) is 8.53. The lowest BCUT2D eigenvalue weighted by Crippen LogP contribution is -2.28. The Morgan fingerprint density at radius 3 is 1.15 bits per heavy atom. The summed E-state index contributed by atoms with van der Waals surface area (Å²) in [4.78, 5) is 27.3. The van der Waals surface area contributed by atoms with E-state index in [0.717, 1.165) is 43.8 Å². The monoisotopic (exact) mass is 602 g/mol. The number of hydrogen-bond acceptors (Lipinski definition) is 8. The second-order valence-electron chi connectivity index (χ2n) is 11.5. The summed E-state index contributed by atoms with van der Waals surface area (Å²) < 4.78 is 3.41. The lowest BCUT2D eigenvalue weighted by Gasteiger charge is -2.00. The Hall–Kier alpha value is -6.82. The molecule has 12 nitrogen and oxygen atoms in total. The van der Waals surface area contributed by atoms with Crippen LogP contribution in [0.1, 0.15) is 0 Å². The topological polar surface area (TPSA) is 195 Å². The molecule has 222 valence electrons. The van der Waals surface area contributed by atoms with Crippen molar-refractivity contribution in [2.45, 2.75) is 0 Å². The van der Waals surface area contributed by atoms with Crippen LogP contribution in [0.5, 0.6) is 0 Å². The van der Waals surface area contributed by atoms with Gasteiger partial charge < -0.3 is 32.1 Å². The predicted molar refractivity (Wildman–Crippen MR) is 180 cm³/mol. The van der Waals surface area contributed by atoms with Crippen LogP contribution in [-0.4, -0.2) is 29.9 Å². The first kappa shape index (κ1) is 25.7. The van der Waals surface area contributed by atoms with Crippen LogP contribution >= 0.6 is 0 Å². The highest BCUT2D eigenvalue weighted by Gasteiger charge is 2.25. The standard InChI is InChI=1S/C34H26N12/c1-45-31-21-9-5-17(37)13-25(21)33(45)41-27-19-7-3-16(36)12-24(19)30(39-27)44-32-22-10-6-18(38)14-26(22)34(46(32)2)42-28-20-8-4-15(35)11-23(20)29(40-28)43-31/h3-14H,1-2,35-38H2,(H,39,41,44)(H,40,42,43). The molecule has 10 N–H and O–H groups in total. The van der Waals surface area contributed by atoms with E-state index >= 15 is 0 Å². The maximum atomic E-state index is 6.27. The van der Waals surface area contributed by atoms with Gasteiger partial charge in [0.2, 0.25) is 22.6 Å². The summed E-state index contributed by atoms with van der Waals surface area (Å²) in [7, 11) is 8.73. The van der Waals surface area contributed by atoms with Crippen molar-refractivity contribution in [3.8, 4) is 45.6 Å². The van der Waals surface area contributed by atoms with Gasteiger partial charge in [-0.2, -0.15) is 0 Å². The number of nitrogens with zero attached hydrogens (tertiary/aromatic N) is 6. The minimum absolute atomic E-state index is 0.555.